The van der Waals surface area contributed by atoms with Gasteiger partial charge in [-0.25, -0.2) is 0 Å². The van der Waals surface area contributed by atoms with Crippen LogP contribution in [0.25, 0.3) is 0 Å². The van der Waals surface area contributed by atoms with E-state index in [1.165, 1.54) is 5.57 Å². The largest absolute Gasteiger partial charge is 0.300 e. The summed E-state index contributed by atoms with van der Waals surface area (Å²) >= 11 is 6.41. The smallest absolute Gasteiger partial charge is 0.137 e. The van der Waals surface area contributed by atoms with Gasteiger partial charge in [-0.3, -0.25) is 9.59 Å². The molecule has 24 heavy (non-hydrogen) atoms. The molecule has 0 bridgehead atoms. The first kappa shape index (κ1) is 16.8. The topological polar surface area (TPSA) is 34.1 Å². The predicted molar refractivity (Wildman–Crippen MR) is 95.9 cm³/mol. The molecule has 2 nitrogen and oxygen atoms in total. The van der Waals surface area contributed by atoms with Gasteiger partial charge in [-0.15, -0.1) is 11.6 Å². The Hall–Kier alpha value is -0.630. The van der Waals surface area contributed by atoms with Gasteiger partial charge in [-0.05, 0) is 68.1 Å². The van der Waals surface area contributed by atoms with E-state index in [2.05, 4.69) is 19.9 Å². The number of hydrogen-bond acceptors (Lipinski definition) is 2. The van der Waals surface area contributed by atoms with Crippen molar-refractivity contribution in [2.75, 3.05) is 0 Å². The van der Waals surface area contributed by atoms with Crippen LogP contribution in [0.5, 0.6) is 0 Å². The molecule has 0 aliphatic heterocycles. The first-order valence-corrected chi connectivity index (χ1v) is 10.1. The number of rotatable bonds is 1. The highest BCUT2D eigenvalue weighted by molar-refractivity contribution is 6.20. The van der Waals surface area contributed by atoms with Crippen LogP contribution in [0.4, 0.5) is 0 Å². The van der Waals surface area contributed by atoms with Gasteiger partial charge in [-0.2, -0.15) is 0 Å². The zero-order valence-electron chi connectivity index (χ0n) is 15.1. The summed E-state index contributed by atoms with van der Waals surface area (Å²) in [6.45, 7) is 6.26. The summed E-state index contributed by atoms with van der Waals surface area (Å²) in [4.78, 5) is 25.5. The molecule has 7 atom stereocenters. The number of fused-ring (bicyclic) bond motifs is 5. The van der Waals surface area contributed by atoms with E-state index < -0.39 is 0 Å². The average Bonchev–Trinajstić information content (AvgIpc) is 2.84. The Balaban J connectivity index is 1.73. The van der Waals surface area contributed by atoms with Gasteiger partial charge in [-0.1, -0.05) is 25.5 Å². The summed E-state index contributed by atoms with van der Waals surface area (Å²) in [5, 5.41) is 0.235. The highest BCUT2D eigenvalue weighted by Gasteiger charge is 2.62. The number of alkyl halides is 1. The van der Waals surface area contributed by atoms with Gasteiger partial charge in [0.25, 0.3) is 0 Å². The molecule has 0 aromatic rings. The zero-order chi connectivity index (χ0) is 17.3. The van der Waals surface area contributed by atoms with Crippen LogP contribution in [0.2, 0.25) is 0 Å². The van der Waals surface area contributed by atoms with Crippen LogP contribution in [0.15, 0.2) is 11.6 Å². The number of carbonyl (C=O) groups excluding carboxylic acids is 2. The van der Waals surface area contributed by atoms with E-state index in [0.29, 0.717) is 24.0 Å². The lowest BCUT2D eigenvalue weighted by molar-refractivity contribution is -0.145. The number of halogens is 1. The van der Waals surface area contributed by atoms with Gasteiger partial charge in [0.1, 0.15) is 11.6 Å². The minimum absolute atomic E-state index is 0.0149. The first-order chi connectivity index (χ1) is 11.3. The van der Waals surface area contributed by atoms with Crippen molar-refractivity contribution in [1.82, 2.24) is 0 Å². The highest BCUT2D eigenvalue weighted by atomic mass is 35.5. The van der Waals surface area contributed by atoms with Gasteiger partial charge in [0.2, 0.25) is 0 Å². The van der Waals surface area contributed by atoms with E-state index in [9.17, 15) is 9.59 Å². The summed E-state index contributed by atoms with van der Waals surface area (Å²) in [6, 6.07) is 0. The molecule has 0 unspecified atom stereocenters. The molecule has 4 aliphatic rings. The van der Waals surface area contributed by atoms with Crippen molar-refractivity contribution < 1.29 is 9.59 Å². The van der Waals surface area contributed by atoms with Crippen LogP contribution in [0.3, 0.4) is 0 Å². The number of allylic oxidation sites excluding steroid dienone is 2. The fourth-order valence-corrected chi connectivity index (χ4v) is 7.39. The van der Waals surface area contributed by atoms with Crippen LogP contribution in [0.1, 0.15) is 65.7 Å². The molecular weight excluding hydrogens is 320 g/mol. The van der Waals surface area contributed by atoms with Gasteiger partial charge in [0, 0.05) is 23.6 Å². The monoisotopic (exact) mass is 348 g/mol. The molecule has 0 aromatic heterocycles. The Morgan fingerprint density at radius 3 is 2.71 bits per heavy atom. The molecule has 3 heteroatoms. The minimum atomic E-state index is -0.102. The van der Waals surface area contributed by atoms with E-state index in [0.717, 1.165) is 38.5 Å². The van der Waals surface area contributed by atoms with Crippen molar-refractivity contribution in [3.05, 3.63) is 11.6 Å². The second-order valence-corrected chi connectivity index (χ2v) is 9.98. The zero-order valence-corrected chi connectivity index (χ0v) is 15.9. The highest BCUT2D eigenvalue weighted by Crippen LogP contribution is 2.65. The van der Waals surface area contributed by atoms with Crippen molar-refractivity contribution in [1.29, 1.82) is 0 Å². The van der Waals surface area contributed by atoms with Gasteiger partial charge in [0.05, 0.1) is 0 Å². The number of Topliss-reactive ketones (excluding diaryl/α,β-unsaturated/α-hetero) is 2. The van der Waals surface area contributed by atoms with E-state index in [-0.39, 0.29) is 33.8 Å². The van der Waals surface area contributed by atoms with Crippen molar-refractivity contribution in [2.45, 2.75) is 71.1 Å². The predicted octanol–water partition coefficient (Wildman–Crippen LogP) is 4.94. The SMILES string of the molecule is CC(=O)[C@H]1CC[C@H]2[C@@H]3CC=C4C[C@@H](Cl)CC[C@]4(C)[C@H]3C(=O)C[C@]12C. The maximum atomic E-state index is 13.3. The second kappa shape index (κ2) is 5.43. The number of ketones is 2. The summed E-state index contributed by atoms with van der Waals surface area (Å²) in [7, 11) is 0. The fraction of sp³-hybridized carbons (Fsp3) is 0.810. The Labute approximate surface area is 150 Å². The van der Waals surface area contributed by atoms with E-state index in [4.69, 9.17) is 11.6 Å². The first-order valence-electron chi connectivity index (χ1n) is 9.64. The van der Waals surface area contributed by atoms with Crippen molar-refractivity contribution in [3.8, 4) is 0 Å². The van der Waals surface area contributed by atoms with Crippen LogP contribution < -0.4 is 0 Å². The van der Waals surface area contributed by atoms with E-state index in [1.54, 1.807) is 6.92 Å². The third-order valence-corrected chi connectivity index (χ3v) is 8.59. The average molecular weight is 349 g/mol. The summed E-state index contributed by atoms with van der Waals surface area (Å²) in [6.07, 6.45) is 9.13. The van der Waals surface area contributed by atoms with Crippen LogP contribution >= 0.6 is 11.6 Å². The molecule has 4 rings (SSSR count). The van der Waals surface area contributed by atoms with Gasteiger partial charge in [0.15, 0.2) is 0 Å². The molecule has 0 aromatic carbocycles. The van der Waals surface area contributed by atoms with Crippen molar-refractivity contribution >= 4 is 23.2 Å². The maximum Gasteiger partial charge on any atom is 0.137 e. The molecule has 0 amide bonds. The molecule has 3 fully saturated rings. The summed E-state index contributed by atoms with van der Waals surface area (Å²) in [5.74, 6) is 1.91. The standard InChI is InChI=1S/C21H29ClO2/c1-12(23)16-6-7-17-15-5-4-13-10-14(22)8-9-20(13,2)19(15)18(24)11-21(16,17)3/h4,14-17,19H,5-11H2,1-3H3/t14-,15-,16+,17-,19+,20-,21+/m0/s1. The second-order valence-electron chi connectivity index (χ2n) is 9.36. The Morgan fingerprint density at radius 1 is 1.25 bits per heavy atom. The Morgan fingerprint density at radius 2 is 2.00 bits per heavy atom. The van der Waals surface area contributed by atoms with E-state index >= 15 is 0 Å². The molecule has 132 valence electrons. The third-order valence-electron chi connectivity index (χ3n) is 8.22. The molecule has 0 radical (unpaired) electrons. The fourth-order valence-electron chi connectivity index (χ4n) is 7.11. The van der Waals surface area contributed by atoms with E-state index in [1.807, 2.05) is 0 Å². The lowest BCUT2D eigenvalue weighted by Crippen LogP contribution is -2.55. The van der Waals surface area contributed by atoms with Crippen LogP contribution in [-0.2, 0) is 9.59 Å². The quantitative estimate of drug-likeness (QED) is 0.496. The number of carbonyl (C=O) groups is 2. The molecule has 4 aliphatic carbocycles. The lowest BCUT2D eigenvalue weighted by Gasteiger charge is -2.56. The molecule has 0 saturated heterocycles. The lowest BCUT2D eigenvalue weighted by atomic mass is 9.47. The molecular formula is C21H29ClO2. The molecule has 3 saturated carbocycles. The van der Waals surface area contributed by atoms with Gasteiger partial charge >= 0.3 is 0 Å². The molecule has 0 spiro atoms. The molecule has 0 N–H and O–H groups in total. The minimum Gasteiger partial charge on any atom is -0.300 e. The Bertz CT molecular complexity index is 623. The summed E-state index contributed by atoms with van der Waals surface area (Å²) < 4.78 is 0. The van der Waals surface area contributed by atoms with Crippen molar-refractivity contribution in [3.63, 3.8) is 0 Å². The van der Waals surface area contributed by atoms with Crippen LogP contribution in [0, 0.1) is 34.5 Å². The maximum absolute atomic E-state index is 13.3. The Kier molecular flexibility index (Phi) is 3.81. The third kappa shape index (κ3) is 2.14. The van der Waals surface area contributed by atoms with Crippen molar-refractivity contribution in [2.24, 2.45) is 34.5 Å². The van der Waals surface area contributed by atoms with Crippen LogP contribution in [-0.4, -0.2) is 16.9 Å². The normalized spacial score (nSPS) is 50.6. The van der Waals surface area contributed by atoms with Gasteiger partial charge < -0.3 is 0 Å². The number of hydrogen-bond donors (Lipinski definition) is 0. The molecule has 0 heterocycles. The summed E-state index contributed by atoms with van der Waals surface area (Å²) in [5.41, 5.74) is 1.35.